The van der Waals surface area contributed by atoms with Gasteiger partial charge < -0.3 is 15.1 Å². The van der Waals surface area contributed by atoms with Crippen molar-refractivity contribution in [3.05, 3.63) is 24.3 Å². The zero-order valence-corrected chi connectivity index (χ0v) is 12.0. The zero-order chi connectivity index (χ0) is 13.1. The van der Waals surface area contributed by atoms with Crippen LogP contribution in [0.1, 0.15) is 20.8 Å². The van der Waals surface area contributed by atoms with Gasteiger partial charge in [0.15, 0.2) is 0 Å². The predicted molar refractivity (Wildman–Crippen MR) is 78.6 cm³/mol. The van der Waals surface area contributed by atoms with Crippen molar-refractivity contribution in [3.8, 4) is 0 Å². The zero-order valence-electron chi connectivity index (χ0n) is 12.0. The molecule has 100 valence electrons. The summed E-state index contributed by atoms with van der Waals surface area (Å²) in [6, 6.07) is 10.1. The summed E-state index contributed by atoms with van der Waals surface area (Å²) in [5.41, 5.74) is 2.54. The molecule has 1 saturated heterocycles. The van der Waals surface area contributed by atoms with Crippen LogP contribution in [0.3, 0.4) is 0 Å². The van der Waals surface area contributed by atoms with Gasteiger partial charge in [0.1, 0.15) is 6.04 Å². The lowest BCUT2D eigenvalue weighted by Crippen LogP contribution is -3.20. The van der Waals surface area contributed by atoms with Crippen LogP contribution in [-0.4, -0.2) is 38.8 Å². The molecule has 2 rings (SSSR count). The van der Waals surface area contributed by atoms with Crippen molar-refractivity contribution in [1.82, 2.24) is 0 Å². The molecule has 0 bridgehead atoms. The molecule has 3 heteroatoms. The maximum atomic E-state index is 3.21. The number of rotatable bonds is 3. The van der Waals surface area contributed by atoms with Gasteiger partial charge in [-0.05, 0) is 39.0 Å². The molecular formula is C15H26N3+. The molecule has 0 amide bonds. The highest BCUT2D eigenvalue weighted by Crippen LogP contribution is 2.19. The lowest BCUT2D eigenvalue weighted by atomic mass is 10.1. The maximum absolute atomic E-state index is 3.21. The summed E-state index contributed by atoms with van der Waals surface area (Å²) >= 11 is 0. The number of quaternary nitrogens is 1. The van der Waals surface area contributed by atoms with Gasteiger partial charge in [0, 0.05) is 18.4 Å². The topological polar surface area (TPSA) is 19.7 Å². The highest BCUT2D eigenvalue weighted by Gasteiger charge is 2.28. The molecule has 0 aromatic heterocycles. The van der Waals surface area contributed by atoms with Crippen molar-refractivity contribution < 1.29 is 4.90 Å². The molecule has 1 aliphatic heterocycles. The van der Waals surface area contributed by atoms with E-state index in [2.05, 4.69) is 55.3 Å². The van der Waals surface area contributed by atoms with E-state index in [4.69, 9.17) is 0 Å². The van der Waals surface area contributed by atoms with Gasteiger partial charge in [-0.3, -0.25) is 0 Å². The van der Waals surface area contributed by atoms with Crippen LogP contribution >= 0.6 is 0 Å². The number of benzene rings is 1. The van der Waals surface area contributed by atoms with Crippen molar-refractivity contribution in [1.29, 1.82) is 0 Å². The van der Waals surface area contributed by atoms with Gasteiger partial charge in [-0.1, -0.05) is 6.07 Å². The van der Waals surface area contributed by atoms with Crippen LogP contribution in [0.5, 0.6) is 0 Å². The number of piperazine rings is 1. The standard InChI is InChI=1S/C15H25N3/c1-12(2)18-9-8-17(11-13(18)3)15-7-5-6-14(10-15)16-4/h5-7,10,12-13,16H,8-9,11H2,1-4H3/p+1. The molecule has 1 aromatic rings. The Kier molecular flexibility index (Phi) is 4.12. The summed E-state index contributed by atoms with van der Waals surface area (Å²) in [5, 5.41) is 3.21. The summed E-state index contributed by atoms with van der Waals surface area (Å²) in [5.74, 6) is 0. The Bertz CT molecular complexity index is 389. The third kappa shape index (κ3) is 2.78. The third-order valence-electron chi connectivity index (χ3n) is 4.04. The van der Waals surface area contributed by atoms with E-state index < -0.39 is 0 Å². The fraction of sp³-hybridized carbons (Fsp3) is 0.600. The highest BCUT2D eigenvalue weighted by molar-refractivity contribution is 5.58. The van der Waals surface area contributed by atoms with E-state index in [0.717, 1.165) is 19.1 Å². The molecule has 2 atom stereocenters. The number of hydrogen-bond donors (Lipinski definition) is 2. The van der Waals surface area contributed by atoms with Gasteiger partial charge >= 0.3 is 0 Å². The van der Waals surface area contributed by atoms with Crippen LogP contribution in [0.2, 0.25) is 0 Å². The van der Waals surface area contributed by atoms with Crippen molar-refractivity contribution in [3.63, 3.8) is 0 Å². The molecule has 2 unspecified atom stereocenters. The molecule has 1 aliphatic rings. The molecule has 0 spiro atoms. The first kappa shape index (κ1) is 13.2. The number of hydrogen-bond acceptors (Lipinski definition) is 2. The second-order valence-electron chi connectivity index (χ2n) is 5.63. The fourth-order valence-corrected chi connectivity index (χ4v) is 3.00. The quantitative estimate of drug-likeness (QED) is 0.839. The summed E-state index contributed by atoms with van der Waals surface area (Å²) in [6.45, 7) is 10.6. The van der Waals surface area contributed by atoms with Crippen LogP contribution in [0.25, 0.3) is 0 Å². The summed E-state index contributed by atoms with van der Waals surface area (Å²) < 4.78 is 0. The highest BCUT2D eigenvalue weighted by atomic mass is 15.3. The molecule has 2 N–H and O–H groups in total. The van der Waals surface area contributed by atoms with Gasteiger partial charge in [0.05, 0.1) is 25.7 Å². The van der Waals surface area contributed by atoms with E-state index in [-0.39, 0.29) is 0 Å². The van der Waals surface area contributed by atoms with Gasteiger partial charge in [-0.2, -0.15) is 0 Å². The molecule has 1 aromatic carbocycles. The largest absolute Gasteiger partial charge is 0.388 e. The van der Waals surface area contributed by atoms with E-state index in [1.807, 2.05) is 7.05 Å². The lowest BCUT2D eigenvalue weighted by Gasteiger charge is -2.40. The van der Waals surface area contributed by atoms with Crippen LogP contribution in [0, 0.1) is 0 Å². The number of anilines is 2. The molecule has 3 nitrogen and oxygen atoms in total. The minimum absolute atomic E-state index is 0.706. The van der Waals surface area contributed by atoms with E-state index in [1.165, 1.54) is 17.9 Å². The average molecular weight is 248 g/mol. The van der Waals surface area contributed by atoms with Gasteiger partial charge in [0.25, 0.3) is 0 Å². The molecule has 1 fully saturated rings. The maximum Gasteiger partial charge on any atom is 0.103 e. The van der Waals surface area contributed by atoms with E-state index in [1.54, 1.807) is 4.90 Å². The van der Waals surface area contributed by atoms with E-state index >= 15 is 0 Å². The molecule has 1 heterocycles. The molecule has 0 saturated carbocycles. The summed E-state index contributed by atoms with van der Waals surface area (Å²) in [6.07, 6.45) is 0. The monoisotopic (exact) mass is 248 g/mol. The van der Waals surface area contributed by atoms with E-state index in [9.17, 15) is 0 Å². The first-order chi connectivity index (χ1) is 8.61. The van der Waals surface area contributed by atoms with Gasteiger partial charge in [0.2, 0.25) is 0 Å². The second-order valence-corrected chi connectivity index (χ2v) is 5.63. The lowest BCUT2D eigenvalue weighted by molar-refractivity contribution is -0.944. The third-order valence-corrected chi connectivity index (χ3v) is 4.04. The minimum Gasteiger partial charge on any atom is -0.388 e. The van der Waals surface area contributed by atoms with Crippen molar-refractivity contribution in [2.75, 3.05) is 36.9 Å². The Morgan fingerprint density at radius 2 is 2.17 bits per heavy atom. The minimum atomic E-state index is 0.706. The van der Waals surface area contributed by atoms with Crippen molar-refractivity contribution in [2.24, 2.45) is 0 Å². The van der Waals surface area contributed by atoms with Gasteiger partial charge in [-0.25, -0.2) is 0 Å². The normalized spacial score (nSPS) is 24.4. The second kappa shape index (κ2) is 5.61. The Labute approximate surface area is 111 Å². The summed E-state index contributed by atoms with van der Waals surface area (Å²) in [4.78, 5) is 4.24. The van der Waals surface area contributed by atoms with Crippen LogP contribution < -0.4 is 15.1 Å². The van der Waals surface area contributed by atoms with Crippen LogP contribution in [0.15, 0.2) is 24.3 Å². The molecule has 0 aliphatic carbocycles. The molecular weight excluding hydrogens is 222 g/mol. The van der Waals surface area contributed by atoms with Crippen LogP contribution in [-0.2, 0) is 0 Å². The Hall–Kier alpha value is -1.22. The molecule has 18 heavy (non-hydrogen) atoms. The van der Waals surface area contributed by atoms with Crippen molar-refractivity contribution >= 4 is 11.4 Å². The average Bonchev–Trinajstić information content (AvgIpc) is 2.38. The van der Waals surface area contributed by atoms with E-state index in [0.29, 0.717) is 6.04 Å². The van der Waals surface area contributed by atoms with Crippen molar-refractivity contribution in [2.45, 2.75) is 32.9 Å². The molecule has 0 radical (unpaired) electrons. The Morgan fingerprint density at radius 1 is 1.39 bits per heavy atom. The van der Waals surface area contributed by atoms with Crippen LogP contribution in [0.4, 0.5) is 11.4 Å². The smallest absolute Gasteiger partial charge is 0.103 e. The first-order valence-corrected chi connectivity index (χ1v) is 7.00. The Balaban J connectivity index is 2.07. The fourth-order valence-electron chi connectivity index (χ4n) is 3.00. The SMILES string of the molecule is CNc1cccc(N2CC[NH+](C(C)C)C(C)C2)c1. The predicted octanol–water partition coefficient (Wildman–Crippen LogP) is 1.23. The number of nitrogens with one attached hydrogen (secondary N) is 2. The van der Waals surface area contributed by atoms with Gasteiger partial charge in [-0.15, -0.1) is 0 Å². The number of nitrogens with zero attached hydrogens (tertiary/aromatic N) is 1. The Morgan fingerprint density at radius 3 is 2.78 bits per heavy atom. The first-order valence-electron chi connectivity index (χ1n) is 7.00. The summed E-state index contributed by atoms with van der Waals surface area (Å²) in [7, 11) is 1.97.